The first-order valence-electron chi connectivity index (χ1n) is 8.30. The van der Waals surface area contributed by atoms with E-state index in [1.807, 2.05) is 0 Å². The zero-order chi connectivity index (χ0) is 14.5. The molecule has 0 saturated carbocycles. The third-order valence-corrected chi connectivity index (χ3v) is 4.48. The van der Waals surface area contributed by atoms with Crippen LogP contribution in [0, 0.1) is 0 Å². The van der Waals surface area contributed by atoms with E-state index >= 15 is 0 Å². The maximum absolute atomic E-state index is 6.08. The normalized spacial score (nSPS) is 20.2. The molecule has 0 aromatic carbocycles. The number of nitrogens with zero attached hydrogens (tertiary/aromatic N) is 5. The molecule has 3 rings (SSSR count). The number of hydrogen-bond acceptors (Lipinski definition) is 3. The molecular weight excluding hydrogens is 264 g/mol. The van der Waals surface area contributed by atoms with E-state index in [0.717, 1.165) is 44.1 Å². The number of aliphatic imine (C=N–C) groups is 1. The summed E-state index contributed by atoms with van der Waals surface area (Å²) in [6.07, 6.45) is 9.43. The van der Waals surface area contributed by atoms with Gasteiger partial charge in [-0.15, -0.1) is 10.2 Å². The number of aromatic nitrogens is 3. The summed E-state index contributed by atoms with van der Waals surface area (Å²) >= 11 is 0. The molecule has 0 unspecified atom stereocenters. The first kappa shape index (κ1) is 14.4. The largest absolute Gasteiger partial charge is 0.370 e. The summed E-state index contributed by atoms with van der Waals surface area (Å²) in [5.74, 6) is 2.92. The van der Waals surface area contributed by atoms with Gasteiger partial charge in [-0.2, -0.15) is 0 Å². The predicted molar refractivity (Wildman–Crippen MR) is 83.2 cm³/mol. The van der Waals surface area contributed by atoms with E-state index in [2.05, 4.69) is 24.7 Å². The summed E-state index contributed by atoms with van der Waals surface area (Å²) in [6, 6.07) is 0. The van der Waals surface area contributed by atoms with Crippen LogP contribution in [0.25, 0.3) is 0 Å². The first-order chi connectivity index (χ1) is 10.3. The Kier molecular flexibility index (Phi) is 4.72. The van der Waals surface area contributed by atoms with E-state index in [1.165, 1.54) is 38.5 Å². The third-order valence-electron chi connectivity index (χ3n) is 4.48. The van der Waals surface area contributed by atoms with Gasteiger partial charge in [-0.3, -0.25) is 4.99 Å². The van der Waals surface area contributed by atoms with Crippen LogP contribution in [0.3, 0.4) is 0 Å². The second-order valence-corrected chi connectivity index (χ2v) is 6.03. The lowest BCUT2D eigenvalue weighted by Gasteiger charge is -2.27. The van der Waals surface area contributed by atoms with Gasteiger partial charge in [0.1, 0.15) is 11.6 Å². The quantitative estimate of drug-likeness (QED) is 0.673. The standard InChI is InChI=1S/C15H26N6/c16-15(20-10-4-2-5-11-20)17-9-8-14-19-18-13-7-3-1-6-12-21(13)14/h1-12H2,(H2,16,17). The summed E-state index contributed by atoms with van der Waals surface area (Å²) in [6.45, 7) is 3.87. The lowest BCUT2D eigenvalue weighted by Crippen LogP contribution is -2.41. The molecular formula is C15H26N6. The van der Waals surface area contributed by atoms with E-state index in [0.29, 0.717) is 12.5 Å². The average Bonchev–Trinajstić information content (AvgIpc) is 2.76. The van der Waals surface area contributed by atoms with Crippen molar-refractivity contribution in [3.8, 4) is 0 Å². The minimum Gasteiger partial charge on any atom is -0.370 e. The van der Waals surface area contributed by atoms with Crippen LogP contribution in [0.2, 0.25) is 0 Å². The number of aryl methyl sites for hydroxylation is 1. The highest BCUT2D eigenvalue weighted by Crippen LogP contribution is 2.14. The zero-order valence-corrected chi connectivity index (χ0v) is 12.8. The van der Waals surface area contributed by atoms with Crippen LogP contribution in [-0.4, -0.2) is 45.3 Å². The Labute approximate surface area is 126 Å². The van der Waals surface area contributed by atoms with Crippen molar-refractivity contribution >= 4 is 5.96 Å². The molecule has 2 aliphatic heterocycles. The van der Waals surface area contributed by atoms with Crippen LogP contribution < -0.4 is 5.73 Å². The van der Waals surface area contributed by atoms with Gasteiger partial charge < -0.3 is 15.2 Å². The molecule has 1 aromatic rings. The highest BCUT2D eigenvalue weighted by molar-refractivity contribution is 5.78. The van der Waals surface area contributed by atoms with Crippen molar-refractivity contribution in [2.24, 2.45) is 10.7 Å². The van der Waals surface area contributed by atoms with Crippen molar-refractivity contribution in [3.63, 3.8) is 0 Å². The van der Waals surface area contributed by atoms with Crippen LogP contribution in [0.5, 0.6) is 0 Å². The number of hydrogen-bond donors (Lipinski definition) is 1. The smallest absolute Gasteiger partial charge is 0.191 e. The maximum Gasteiger partial charge on any atom is 0.191 e. The van der Waals surface area contributed by atoms with Crippen molar-refractivity contribution in [3.05, 3.63) is 11.6 Å². The van der Waals surface area contributed by atoms with Crippen LogP contribution in [-0.2, 0) is 19.4 Å². The summed E-state index contributed by atoms with van der Waals surface area (Å²) in [5.41, 5.74) is 6.08. The zero-order valence-electron chi connectivity index (χ0n) is 12.8. The Morgan fingerprint density at radius 2 is 1.76 bits per heavy atom. The number of likely N-dealkylation sites (tertiary alicyclic amines) is 1. The lowest BCUT2D eigenvalue weighted by atomic mass is 10.1. The predicted octanol–water partition coefficient (Wildman–Crippen LogP) is 1.35. The molecule has 0 amide bonds. The number of rotatable bonds is 3. The summed E-state index contributed by atoms with van der Waals surface area (Å²) < 4.78 is 2.29. The number of nitrogens with two attached hydrogens (primary N) is 1. The second kappa shape index (κ2) is 6.91. The maximum atomic E-state index is 6.08. The van der Waals surface area contributed by atoms with Gasteiger partial charge in [-0.05, 0) is 32.1 Å². The summed E-state index contributed by atoms with van der Waals surface area (Å²) in [5, 5.41) is 8.67. The minimum absolute atomic E-state index is 0.699. The lowest BCUT2D eigenvalue weighted by molar-refractivity contribution is 0.338. The molecule has 6 heteroatoms. The van der Waals surface area contributed by atoms with Gasteiger partial charge in [-0.1, -0.05) is 6.42 Å². The fraction of sp³-hybridized carbons (Fsp3) is 0.800. The topological polar surface area (TPSA) is 72.3 Å². The number of piperidine rings is 1. The molecule has 0 radical (unpaired) electrons. The van der Waals surface area contributed by atoms with Crippen LogP contribution in [0.4, 0.5) is 0 Å². The molecule has 116 valence electrons. The molecule has 1 saturated heterocycles. The van der Waals surface area contributed by atoms with Crippen molar-refractivity contribution in [2.45, 2.75) is 57.9 Å². The van der Waals surface area contributed by atoms with Crippen molar-refractivity contribution in [2.75, 3.05) is 19.6 Å². The van der Waals surface area contributed by atoms with Crippen LogP contribution in [0.1, 0.15) is 50.2 Å². The number of fused-ring (bicyclic) bond motifs is 1. The fourth-order valence-corrected chi connectivity index (χ4v) is 3.22. The number of guanidine groups is 1. The van der Waals surface area contributed by atoms with Gasteiger partial charge in [0.2, 0.25) is 0 Å². The van der Waals surface area contributed by atoms with Gasteiger partial charge in [-0.25, -0.2) is 0 Å². The molecule has 1 aromatic heterocycles. The molecule has 0 aliphatic carbocycles. The van der Waals surface area contributed by atoms with Gasteiger partial charge in [0.15, 0.2) is 5.96 Å². The monoisotopic (exact) mass is 290 g/mol. The van der Waals surface area contributed by atoms with Gasteiger partial charge in [0.25, 0.3) is 0 Å². The molecule has 1 fully saturated rings. The van der Waals surface area contributed by atoms with E-state index in [-0.39, 0.29) is 0 Å². The average molecular weight is 290 g/mol. The van der Waals surface area contributed by atoms with Gasteiger partial charge >= 0.3 is 0 Å². The summed E-state index contributed by atoms with van der Waals surface area (Å²) in [4.78, 5) is 6.74. The first-order valence-corrected chi connectivity index (χ1v) is 8.30. The highest BCUT2D eigenvalue weighted by atomic mass is 15.3. The molecule has 0 atom stereocenters. The molecule has 3 heterocycles. The van der Waals surface area contributed by atoms with E-state index in [4.69, 9.17) is 5.73 Å². The summed E-state index contributed by atoms with van der Waals surface area (Å²) in [7, 11) is 0. The highest BCUT2D eigenvalue weighted by Gasteiger charge is 2.15. The van der Waals surface area contributed by atoms with Crippen LogP contribution >= 0.6 is 0 Å². The molecule has 0 bridgehead atoms. The molecule has 21 heavy (non-hydrogen) atoms. The Morgan fingerprint density at radius 1 is 1.00 bits per heavy atom. The SMILES string of the molecule is NC(=NCCc1nnc2n1CCCCC2)N1CCCCC1. The van der Waals surface area contributed by atoms with E-state index < -0.39 is 0 Å². The Hall–Kier alpha value is -1.59. The fourth-order valence-electron chi connectivity index (χ4n) is 3.22. The van der Waals surface area contributed by atoms with E-state index in [9.17, 15) is 0 Å². The van der Waals surface area contributed by atoms with Gasteiger partial charge in [0, 0.05) is 39.0 Å². The minimum atomic E-state index is 0.699. The van der Waals surface area contributed by atoms with Crippen molar-refractivity contribution in [1.82, 2.24) is 19.7 Å². The molecule has 2 aliphatic rings. The Morgan fingerprint density at radius 3 is 2.62 bits per heavy atom. The van der Waals surface area contributed by atoms with Gasteiger partial charge in [0.05, 0.1) is 0 Å². The Balaban J connectivity index is 1.56. The molecule has 2 N–H and O–H groups in total. The third kappa shape index (κ3) is 3.54. The van der Waals surface area contributed by atoms with Crippen molar-refractivity contribution < 1.29 is 0 Å². The van der Waals surface area contributed by atoms with Crippen molar-refractivity contribution in [1.29, 1.82) is 0 Å². The van der Waals surface area contributed by atoms with E-state index in [1.54, 1.807) is 0 Å². The second-order valence-electron chi connectivity index (χ2n) is 6.03. The molecule has 6 nitrogen and oxygen atoms in total. The molecule has 0 spiro atoms. The Bertz CT molecular complexity index is 486. The van der Waals surface area contributed by atoms with Crippen LogP contribution in [0.15, 0.2) is 4.99 Å².